The quantitative estimate of drug-likeness (QED) is 0.651. The molecule has 7 heteroatoms. The minimum absolute atomic E-state index is 0.307. The van der Waals surface area contributed by atoms with Gasteiger partial charge < -0.3 is 10.7 Å². The van der Waals surface area contributed by atoms with Crippen molar-refractivity contribution in [1.29, 1.82) is 0 Å². The normalized spacial score (nSPS) is 12.0. The zero-order valence-corrected chi connectivity index (χ0v) is 11.3. The lowest BCUT2D eigenvalue weighted by Gasteiger charge is -2.09. The van der Waals surface area contributed by atoms with Crippen LogP contribution in [-0.4, -0.2) is 9.97 Å². The Morgan fingerprint density at radius 1 is 1.10 bits per heavy atom. The molecule has 3 N–H and O–H groups in total. The summed E-state index contributed by atoms with van der Waals surface area (Å²) in [7, 11) is 0. The molecule has 3 aromatic rings. The summed E-state index contributed by atoms with van der Waals surface area (Å²) in [6.07, 6.45) is -4.51. The van der Waals surface area contributed by atoms with Gasteiger partial charge in [-0.3, -0.25) is 0 Å². The topological polar surface area (TPSA) is 54.7 Å². The molecule has 0 unspecified atom stereocenters. The first-order chi connectivity index (χ1) is 9.84. The number of nitrogen functional groups attached to an aromatic ring is 1. The van der Waals surface area contributed by atoms with Crippen LogP contribution in [0.2, 0.25) is 5.02 Å². The number of aromatic amines is 1. The number of hydrogen-bond donors (Lipinski definition) is 2. The molecule has 3 nitrogen and oxygen atoms in total. The SMILES string of the molecule is Nc1ccc2[nH]c(-c3ccc(Cl)c(C(F)(F)F)c3)nc2c1. The second-order valence-electron chi connectivity index (χ2n) is 4.55. The highest BCUT2D eigenvalue weighted by molar-refractivity contribution is 6.31. The molecule has 2 aromatic carbocycles. The molecule has 0 fully saturated rings. The van der Waals surface area contributed by atoms with Gasteiger partial charge in [0.1, 0.15) is 5.82 Å². The molecule has 108 valence electrons. The fourth-order valence-corrected chi connectivity index (χ4v) is 2.27. The first-order valence-corrected chi connectivity index (χ1v) is 6.35. The molecule has 0 aliphatic carbocycles. The van der Waals surface area contributed by atoms with E-state index in [2.05, 4.69) is 9.97 Å². The predicted octanol–water partition coefficient (Wildman–Crippen LogP) is 4.48. The maximum Gasteiger partial charge on any atom is 0.417 e. The lowest BCUT2D eigenvalue weighted by Crippen LogP contribution is -2.06. The van der Waals surface area contributed by atoms with E-state index in [-0.39, 0.29) is 5.02 Å². The third kappa shape index (κ3) is 2.54. The maximum absolute atomic E-state index is 12.9. The lowest BCUT2D eigenvalue weighted by atomic mass is 10.1. The molecule has 1 heterocycles. The van der Waals surface area contributed by atoms with Crippen LogP contribution in [0.4, 0.5) is 18.9 Å². The summed E-state index contributed by atoms with van der Waals surface area (Å²) in [6.45, 7) is 0. The molecule has 3 rings (SSSR count). The molecule has 0 saturated heterocycles. The van der Waals surface area contributed by atoms with Crippen molar-refractivity contribution in [3.05, 3.63) is 47.0 Å². The van der Waals surface area contributed by atoms with Crippen molar-refractivity contribution in [2.24, 2.45) is 0 Å². The molecule has 0 radical (unpaired) electrons. The van der Waals surface area contributed by atoms with Crippen LogP contribution >= 0.6 is 11.6 Å². The molecule has 0 saturated carbocycles. The molecule has 0 amide bonds. The Labute approximate surface area is 122 Å². The van der Waals surface area contributed by atoms with Gasteiger partial charge >= 0.3 is 6.18 Å². The van der Waals surface area contributed by atoms with Crippen molar-refractivity contribution in [1.82, 2.24) is 9.97 Å². The number of hydrogen-bond acceptors (Lipinski definition) is 2. The smallest absolute Gasteiger partial charge is 0.399 e. The van der Waals surface area contributed by atoms with Crippen molar-refractivity contribution in [2.45, 2.75) is 6.18 Å². The monoisotopic (exact) mass is 311 g/mol. The molecular formula is C14H9ClF3N3. The zero-order valence-electron chi connectivity index (χ0n) is 10.5. The Morgan fingerprint density at radius 3 is 2.57 bits per heavy atom. The lowest BCUT2D eigenvalue weighted by molar-refractivity contribution is -0.137. The Kier molecular flexibility index (Phi) is 3.06. The van der Waals surface area contributed by atoms with E-state index in [9.17, 15) is 13.2 Å². The van der Waals surface area contributed by atoms with Crippen molar-refractivity contribution in [2.75, 3.05) is 5.73 Å². The number of alkyl halides is 3. The van der Waals surface area contributed by atoms with E-state index in [0.29, 0.717) is 28.1 Å². The molecule has 0 atom stereocenters. The molecule has 0 bridgehead atoms. The number of nitrogens with one attached hydrogen (secondary N) is 1. The summed E-state index contributed by atoms with van der Waals surface area (Å²) < 4.78 is 38.6. The van der Waals surface area contributed by atoms with Gasteiger partial charge in [-0.05, 0) is 36.4 Å². The highest BCUT2D eigenvalue weighted by Crippen LogP contribution is 2.37. The largest absolute Gasteiger partial charge is 0.417 e. The zero-order chi connectivity index (χ0) is 15.2. The van der Waals surface area contributed by atoms with Gasteiger partial charge in [-0.2, -0.15) is 13.2 Å². The van der Waals surface area contributed by atoms with Crippen molar-refractivity contribution >= 4 is 28.3 Å². The number of anilines is 1. The van der Waals surface area contributed by atoms with Gasteiger partial charge in [-0.15, -0.1) is 0 Å². The van der Waals surface area contributed by atoms with Crippen LogP contribution in [0.3, 0.4) is 0 Å². The number of imidazole rings is 1. The molecule has 0 aliphatic heterocycles. The highest BCUT2D eigenvalue weighted by Gasteiger charge is 2.33. The summed E-state index contributed by atoms with van der Waals surface area (Å²) in [6, 6.07) is 8.73. The van der Waals surface area contributed by atoms with Gasteiger partial charge in [-0.1, -0.05) is 11.6 Å². The number of rotatable bonds is 1. The molecule has 21 heavy (non-hydrogen) atoms. The van der Waals surface area contributed by atoms with E-state index < -0.39 is 11.7 Å². The fraction of sp³-hybridized carbons (Fsp3) is 0.0714. The van der Waals surface area contributed by atoms with Crippen molar-refractivity contribution in [3.63, 3.8) is 0 Å². The van der Waals surface area contributed by atoms with E-state index in [4.69, 9.17) is 17.3 Å². The van der Waals surface area contributed by atoms with Crippen LogP contribution in [0.15, 0.2) is 36.4 Å². The average molecular weight is 312 g/mol. The van der Waals surface area contributed by atoms with E-state index in [0.717, 1.165) is 6.07 Å². The number of benzene rings is 2. The average Bonchev–Trinajstić information content (AvgIpc) is 2.80. The summed E-state index contributed by atoms with van der Waals surface area (Å²) in [4.78, 5) is 7.21. The Bertz CT molecular complexity index is 824. The van der Waals surface area contributed by atoms with Crippen LogP contribution in [-0.2, 0) is 6.18 Å². The number of aromatic nitrogens is 2. The summed E-state index contributed by atoms with van der Waals surface area (Å²) in [5.74, 6) is 0.331. The van der Waals surface area contributed by atoms with Crippen molar-refractivity contribution in [3.8, 4) is 11.4 Å². The highest BCUT2D eigenvalue weighted by atomic mass is 35.5. The third-order valence-corrected chi connectivity index (χ3v) is 3.38. The van der Waals surface area contributed by atoms with Crippen LogP contribution in [0.5, 0.6) is 0 Å². The van der Waals surface area contributed by atoms with Gasteiger partial charge in [0, 0.05) is 11.3 Å². The molecular weight excluding hydrogens is 303 g/mol. The van der Waals surface area contributed by atoms with Gasteiger partial charge in [0.15, 0.2) is 0 Å². The number of halogens is 4. The number of nitrogens with zero attached hydrogens (tertiary/aromatic N) is 1. The Balaban J connectivity index is 2.14. The van der Waals surface area contributed by atoms with E-state index in [1.807, 2.05) is 0 Å². The molecule has 1 aromatic heterocycles. The van der Waals surface area contributed by atoms with Gasteiger partial charge in [-0.25, -0.2) is 4.98 Å². The first-order valence-electron chi connectivity index (χ1n) is 5.97. The number of fused-ring (bicyclic) bond motifs is 1. The number of H-pyrrole nitrogens is 1. The van der Waals surface area contributed by atoms with Crippen LogP contribution in [0.1, 0.15) is 5.56 Å². The van der Waals surface area contributed by atoms with Crippen LogP contribution in [0.25, 0.3) is 22.4 Å². The predicted molar refractivity (Wildman–Crippen MR) is 76.0 cm³/mol. The minimum Gasteiger partial charge on any atom is -0.399 e. The summed E-state index contributed by atoms with van der Waals surface area (Å²) >= 11 is 5.60. The molecule has 0 aliphatic rings. The minimum atomic E-state index is -4.51. The van der Waals surface area contributed by atoms with Crippen molar-refractivity contribution < 1.29 is 13.2 Å². The fourth-order valence-electron chi connectivity index (χ4n) is 2.05. The Morgan fingerprint density at radius 2 is 1.86 bits per heavy atom. The molecule has 0 spiro atoms. The summed E-state index contributed by atoms with van der Waals surface area (Å²) in [5.41, 5.74) is 6.90. The van der Waals surface area contributed by atoms with E-state index in [1.54, 1.807) is 18.2 Å². The van der Waals surface area contributed by atoms with E-state index >= 15 is 0 Å². The second-order valence-corrected chi connectivity index (χ2v) is 4.96. The van der Waals surface area contributed by atoms with Crippen LogP contribution in [0, 0.1) is 0 Å². The van der Waals surface area contributed by atoms with Gasteiger partial charge in [0.05, 0.1) is 21.6 Å². The Hall–Kier alpha value is -2.21. The second kappa shape index (κ2) is 4.66. The summed E-state index contributed by atoms with van der Waals surface area (Å²) in [5, 5.41) is -0.341. The maximum atomic E-state index is 12.9. The van der Waals surface area contributed by atoms with Gasteiger partial charge in [0.2, 0.25) is 0 Å². The van der Waals surface area contributed by atoms with Crippen LogP contribution < -0.4 is 5.73 Å². The number of nitrogens with two attached hydrogens (primary N) is 1. The van der Waals surface area contributed by atoms with Gasteiger partial charge in [0.25, 0.3) is 0 Å². The van der Waals surface area contributed by atoms with E-state index in [1.165, 1.54) is 12.1 Å². The first kappa shape index (κ1) is 13.8. The standard InChI is InChI=1S/C14H9ClF3N3/c15-10-3-1-7(5-9(10)14(16,17)18)13-20-11-4-2-8(19)6-12(11)21-13/h1-6H,19H2,(H,20,21). The third-order valence-electron chi connectivity index (χ3n) is 3.05.